The Balaban J connectivity index is 1.05. The Bertz CT molecular complexity index is 448. The Morgan fingerprint density at radius 3 is 1.58 bits per heavy atom. The average Bonchev–Trinajstić information content (AvgIpc) is 3.49. The van der Waals surface area contributed by atoms with E-state index >= 15 is 0 Å². The van der Waals surface area contributed by atoms with Crippen LogP contribution in [0.15, 0.2) is 0 Å². The smallest absolute Gasteiger partial charge is 0.306 e. The fraction of sp³-hybridized carbons (Fsp3) is 0.889. The van der Waals surface area contributed by atoms with Crippen molar-refractivity contribution in [1.82, 2.24) is 0 Å². The van der Waals surface area contributed by atoms with E-state index in [1.807, 2.05) is 0 Å². The molecule has 0 radical (unpaired) electrons. The molecule has 0 bridgehead atoms. The average molecular weight is 338 g/mol. The van der Waals surface area contributed by atoms with Crippen LogP contribution in [0.4, 0.5) is 0 Å². The summed E-state index contributed by atoms with van der Waals surface area (Å²) in [5.41, 5.74) is 0. The minimum atomic E-state index is -0.308. The van der Waals surface area contributed by atoms with Crippen molar-refractivity contribution >= 4 is 11.9 Å². The molecule has 6 unspecified atom stereocenters. The van der Waals surface area contributed by atoms with Crippen LogP contribution in [0.2, 0.25) is 0 Å². The van der Waals surface area contributed by atoms with Crippen molar-refractivity contribution in [1.29, 1.82) is 0 Å². The van der Waals surface area contributed by atoms with Gasteiger partial charge >= 0.3 is 11.9 Å². The van der Waals surface area contributed by atoms with Crippen LogP contribution in [0, 0.1) is 11.8 Å². The maximum atomic E-state index is 11.8. The zero-order chi connectivity index (χ0) is 16.5. The van der Waals surface area contributed by atoms with Gasteiger partial charge in [-0.1, -0.05) is 0 Å². The molecule has 2 heterocycles. The molecule has 4 fully saturated rings. The Morgan fingerprint density at radius 2 is 1.17 bits per heavy atom. The number of esters is 2. The van der Waals surface area contributed by atoms with E-state index in [0.717, 1.165) is 38.5 Å². The molecule has 0 aromatic rings. The van der Waals surface area contributed by atoms with Gasteiger partial charge in [0.2, 0.25) is 0 Å². The first-order valence-corrected chi connectivity index (χ1v) is 9.29. The van der Waals surface area contributed by atoms with Gasteiger partial charge in [0.1, 0.15) is 0 Å². The quantitative estimate of drug-likeness (QED) is 0.522. The normalized spacial score (nSPS) is 39.3. The predicted octanol–water partition coefficient (Wildman–Crippen LogP) is 1.99. The van der Waals surface area contributed by atoms with E-state index in [1.165, 1.54) is 0 Å². The molecule has 2 aliphatic carbocycles. The Labute approximate surface area is 142 Å². The van der Waals surface area contributed by atoms with Crippen LogP contribution in [0.5, 0.6) is 0 Å². The van der Waals surface area contributed by atoms with E-state index in [2.05, 4.69) is 0 Å². The third kappa shape index (κ3) is 4.28. The van der Waals surface area contributed by atoms with Crippen LogP contribution in [0.3, 0.4) is 0 Å². The highest BCUT2D eigenvalue weighted by atomic mass is 16.6. The minimum Gasteiger partial charge on any atom is -0.465 e. The van der Waals surface area contributed by atoms with Crippen molar-refractivity contribution in [3.63, 3.8) is 0 Å². The number of carbonyl (C=O) groups excluding carboxylic acids is 2. The number of carbonyl (C=O) groups is 2. The van der Waals surface area contributed by atoms with Gasteiger partial charge in [-0.25, -0.2) is 0 Å². The van der Waals surface area contributed by atoms with E-state index in [1.54, 1.807) is 0 Å². The fourth-order valence-electron chi connectivity index (χ4n) is 4.05. The minimum absolute atomic E-state index is 0.104. The molecule has 0 amide bonds. The summed E-state index contributed by atoms with van der Waals surface area (Å²) in [7, 11) is 0. The largest absolute Gasteiger partial charge is 0.465 e. The molecule has 0 aromatic heterocycles. The van der Waals surface area contributed by atoms with E-state index in [4.69, 9.17) is 18.9 Å². The van der Waals surface area contributed by atoms with Crippen LogP contribution in [0.25, 0.3) is 0 Å². The Kier molecular flexibility index (Phi) is 4.77. The second-order valence-electron chi connectivity index (χ2n) is 7.65. The van der Waals surface area contributed by atoms with Crippen molar-refractivity contribution in [2.75, 3.05) is 13.2 Å². The summed E-state index contributed by atoms with van der Waals surface area (Å²) in [4.78, 5) is 23.5. The Hall–Kier alpha value is -1.14. The summed E-state index contributed by atoms with van der Waals surface area (Å²) in [6.07, 6.45) is 8.19. The highest BCUT2D eigenvalue weighted by Crippen LogP contribution is 2.40. The molecule has 0 N–H and O–H groups in total. The summed E-state index contributed by atoms with van der Waals surface area (Å²) in [5, 5.41) is 0. The summed E-state index contributed by atoms with van der Waals surface area (Å²) in [6, 6.07) is 0. The molecule has 134 valence electrons. The number of hydrogen-bond acceptors (Lipinski definition) is 6. The van der Waals surface area contributed by atoms with Crippen molar-refractivity contribution in [2.24, 2.45) is 11.8 Å². The molecule has 2 aliphatic heterocycles. The van der Waals surface area contributed by atoms with Crippen LogP contribution in [-0.4, -0.2) is 49.6 Å². The molecule has 4 rings (SSSR count). The highest BCUT2D eigenvalue weighted by molar-refractivity contribution is 5.77. The summed E-state index contributed by atoms with van der Waals surface area (Å²) < 4.78 is 21.5. The summed E-state index contributed by atoms with van der Waals surface area (Å²) in [5.74, 6) is 0.198. The van der Waals surface area contributed by atoms with Gasteiger partial charge in [0.05, 0.1) is 50.5 Å². The highest BCUT2D eigenvalue weighted by Gasteiger charge is 2.44. The number of epoxide rings is 2. The molecule has 6 heteroatoms. The second-order valence-corrected chi connectivity index (χ2v) is 7.65. The van der Waals surface area contributed by atoms with E-state index < -0.39 is 0 Å². The standard InChI is InChI=1S/C18H26O6/c19-17(21-9-11-1-3-13-15(7-11)23-13)5-6-18(20)22-10-12-2-4-14-16(8-12)24-14/h11-16H,1-10H2. The molecule has 2 saturated carbocycles. The molecule has 24 heavy (non-hydrogen) atoms. The lowest BCUT2D eigenvalue weighted by molar-refractivity contribution is -0.152. The topological polar surface area (TPSA) is 77.7 Å². The van der Waals surface area contributed by atoms with Gasteiger partial charge in [0, 0.05) is 0 Å². The lowest BCUT2D eigenvalue weighted by Gasteiger charge is -2.19. The molecule has 0 spiro atoms. The maximum Gasteiger partial charge on any atom is 0.306 e. The van der Waals surface area contributed by atoms with E-state index in [0.29, 0.717) is 49.5 Å². The maximum absolute atomic E-state index is 11.8. The van der Waals surface area contributed by atoms with Crippen LogP contribution in [0.1, 0.15) is 51.4 Å². The van der Waals surface area contributed by atoms with Crippen molar-refractivity contribution in [2.45, 2.75) is 75.8 Å². The SMILES string of the molecule is O=C(CCC(=O)OCC1CCC2OC2C1)OCC1CCC2OC2C1. The first-order valence-electron chi connectivity index (χ1n) is 9.29. The number of fused-ring (bicyclic) bond motifs is 2. The zero-order valence-corrected chi connectivity index (χ0v) is 14.0. The lowest BCUT2D eigenvalue weighted by Crippen LogP contribution is -2.22. The van der Waals surface area contributed by atoms with Gasteiger partial charge in [-0.05, 0) is 50.4 Å². The second kappa shape index (κ2) is 7.00. The number of hydrogen-bond donors (Lipinski definition) is 0. The predicted molar refractivity (Wildman–Crippen MR) is 83.2 cm³/mol. The molecule has 6 nitrogen and oxygen atoms in total. The number of ether oxygens (including phenoxy) is 4. The lowest BCUT2D eigenvalue weighted by atomic mass is 9.90. The van der Waals surface area contributed by atoms with Crippen LogP contribution >= 0.6 is 0 Å². The van der Waals surface area contributed by atoms with Gasteiger partial charge in [-0.15, -0.1) is 0 Å². The van der Waals surface area contributed by atoms with Gasteiger partial charge in [-0.2, -0.15) is 0 Å². The van der Waals surface area contributed by atoms with Gasteiger partial charge in [-0.3, -0.25) is 9.59 Å². The molecule has 4 aliphatic rings. The van der Waals surface area contributed by atoms with Crippen molar-refractivity contribution < 1.29 is 28.5 Å². The van der Waals surface area contributed by atoms with Crippen molar-refractivity contribution in [3.8, 4) is 0 Å². The molecule has 2 saturated heterocycles. The van der Waals surface area contributed by atoms with Crippen LogP contribution < -0.4 is 0 Å². The van der Waals surface area contributed by atoms with E-state index in [-0.39, 0.29) is 24.8 Å². The molecule has 6 atom stereocenters. The first-order chi connectivity index (χ1) is 11.7. The van der Waals surface area contributed by atoms with Gasteiger partial charge in [0.25, 0.3) is 0 Å². The number of rotatable bonds is 7. The third-order valence-electron chi connectivity index (χ3n) is 5.72. The van der Waals surface area contributed by atoms with Crippen LogP contribution in [-0.2, 0) is 28.5 Å². The summed E-state index contributed by atoms with van der Waals surface area (Å²) >= 11 is 0. The molecule has 0 aromatic carbocycles. The van der Waals surface area contributed by atoms with Crippen molar-refractivity contribution in [3.05, 3.63) is 0 Å². The zero-order valence-electron chi connectivity index (χ0n) is 14.0. The third-order valence-corrected chi connectivity index (χ3v) is 5.72. The monoisotopic (exact) mass is 338 g/mol. The van der Waals surface area contributed by atoms with E-state index in [9.17, 15) is 9.59 Å². The van der Waals surface area contributed by atoms with Gasteiger partial charge in [0.15, 0.2) is 0 Å². The summed E-state index contributed by atoms with van der Waals surface area (Å²) in [6.45, 7) is 0.899. The molecular weight excluding hydrogens is 312 g/mol. The van der Waals surface area contributed by atoms with Gasteiger partial charge < -0.3 is 18.9 Å². The molecular formula is C18H26O6. The first kappa shape index (κ1) is 16.3. The Morgan fingerprint density at radius 1 is 0.708 bits per heavy atom. The fourth-order valence-corrected chi connectivity index (χ4v) is 4.05.